The number of fused-ring (bicyclic) bond motifs is 12. The molecule has 2 aliphatic heterocycles. The third kappa shape index (κ3) is 6.24. The summed E-state index contributed by atoms with van der Waals surface area (Å²) in [6.45, 7) is 0. The van der Waals surface area contributed by atoms with Gasteiger partial charge in [0.05, 0.1) is 51.8 Å². The molecule has 62 heavy (non-hydrogen) atoms. The molecule has 6 fully saturated rings. The molecule has 5 aromatic rings. The Morgan fingerprint density at radius 1 is 0.548 bits per heavy atom. The number of carbonyl (C=O) groups excluding carboxylic acids is 6. The van der Waals surface area contributed by atoms with Gasteiger partial charge in [-0.3, -0.25) is 48.5 Å². The third-order valence-corrected chi connectivity index (χ3v) is 15.0. The molecule has 5 aliphatic carbocycles. The van der Waals surface area contributed by atoms with Crippen molar-refractivity contribution in [1.29, 1.82) is 0 Å². The van der Waals surface area contributed by atoms with E-state index in [0.717, 1.165) is 53.2 Å². The van der Waals surface area contributed by atoms with Crippen LogP contribution in [-0.4, -0.2) is 56.4 Å². The molecule has 4 heterocycles. The minimum atomic E-state index is -0.265. The molecule has 312 valence electrons. The lowest BCUT2D eigenvalue weighted by Crippen LogP contribution is -2.44. The summed E-state index contributed by atoms with van der Waals surface area (Å²) in [4.78, 5) is 89.5. The Balaban J connectivity index is 0.000000139. The van der Waals surface area contributed by atoms with Gasteiger partial charge in [0, 0.05) is 40.7 Å². The minimum Gasteiger partial charge on any atom is -0.324 e. The molecule has 12 nitrogen and oxygen atoms in total. The predicted molar refractivity (Wildman–Crippen MR) is 232 cm³/mol. The van der Waals surface area contributed by atoms with Crippen molar-refractivity contribution in [3.05, 3.63) is 115 Å². The molecule has 12 rings (SSSR count). The molecular formula is C50H46N6O6. The van der Waals surface area contributed by atoms with Crippen LogP contribution < -0.4 is 15.5 Å². The highest BCUT2D eigenvalue weighted by molar-refractivity contribution is 6.23. The second-order valence-corrected chi connectivity index (χ2v) is 18.2. The van der Waals surface area contributed by atoms with Crippen molar-refractivity contribution in [1.82, 2.24) is 14.9 Å². The van der Waals surface area contributed by atoms with Crippen molar-refractivity contribution < 1.29 is 28.8 Å². The Kier molecular flexibility index (Phi) is 9.35. The van der Waals surface area contributed by atoms with Crippen LogP contribution in [0.25, 0.3) is 21.8 Å². The van der Waals surface area contributed by atoms with Gasteiger partial charge in [-0.15, -0.1) is 0 Å². The minimum absolute atomic E-state index is 0.00482. The van der Waals surface area contributed by atoms with Gasteiger partial charge in [0.1, 0.15) is 0 Å². The summed E-state index contributed by atoms with van der Waals surface area (Å²) in [6.07, 6.45) is 14.5. The monoisotopic (exact) mass is 826 g/mol. The zero-order valence-corrected chi connectivity index (χ0v) is 34.1. The van der Waals surface area contributed by atoms with E-state index in [2.05, 4.69) is 32.8 Å². The first-order chi connectivity index (χ1) is 30.2. The van der Waals surface area contributed by atoms with Crippen LogP contribution >= 0.6 is 0 Å². The Hall–Kier alpha value is -6.56. The van der Waals surface area contributed by atoms with Gasteiger partial charge in [0.25, 0.3) is 5.91 Å². The number of para-hydroxylation sites is 2. The molecule has 6 amide bonds. The SMILES string of the molecule is O=C(Nc1cccc2cccnc12)C1CCC(N2C(=O)[C@@H]3[C@@H]4C=CC(C4)[C@@H]3C2=O)CC1.O=C(Nc1cccc2cccnc12)c1ccc(N2C(=O)[C@@H]3[C@@H]4CCC(C4)[C@@H]3C2=O)cc1. The van der Waals surface area contributed by atoms with Gasteiger partial charge in [0.2, 0.25) is 29.5 Å². The van der Waals surface area contributed by atoms with Crippen LogP contribution in [0.4, 0.5) is 17.1 Å². The number of amides is 6. The van der Waals surface area contributed by atoms with Gasteiger partial charge in [-0.1, -0.05) is 48.6 Å². The second-order valence-electron chi connectivity index (χ2n) is 18.2. The molecular weight excluding hydrogens is 781 g/mol. The Morgan fingerprint density at radius 3 is 1.65 bits per heavy atom. The molecule has 4 bridgehead atoms. The lowest BCUT2D eigenvalue weighted by atomic mass is 9.81. The summed E-state index contributed by atoms with van der Waals surface area (Å²) in [6, 6.07) is 25.7. The van der Waals surface area contributed by atoms with Gasteiger partial charge < -0.3 is 10.6 Å². The molecule has 2 N–H and O–H groups in total. The first-order valence-corrected chi connectivity index (χ1v) is 22.1. The fourth-order valence-electron chi connectivity index (χ4n) is 12.1. The number of aromatic nitrogens is 2. The Bertz CT molecular complexity index is 2660. The zero-order valence-electron chi connectivity index (χ0n) is 34.1. The van der Waals surface area contributed by atoms with Gasteiger partial charge in [-0.25, -0.2) is 0 Å². The Morgan fingerprint density at radius 2 is 1.08 bits per heavy atom. The maximum atomic E-state index is 13.1. The molecule has 3 aromatic carbocycles. The van der Waals surface area contributed by atoms with Crippen molar-refractivity contribution in [3.63, 3.8) is 0 Å². The van der Waals surface area contributed by atoms with E-state index in [0.29, 0.717) is 54.5 Å². The number of nitrogens with zero attached hydrogens (tertiary/aromatic N) is 4. The summed E-state index contributed by atoms with van der Waals surface area (Å²) in [7, 11) is 0. The molecule has 4 saturated carbocycles. The first kappa shape index (κ1) is 38.4. The van der Waals surface area contributed by atoms with E-state index in [9.17, 15) is 28.8 Å². The summed E-state index contributed by atoms with van der Waals surface area (Å²) < 4.78 is 0. The third-order valence-electron chi connectivity index (χ3n) is 15.0. The van der Waals surface area contributed by atoms with Crippen LogP contribution in [0, 0.1) is 53.3 Å². The van der Waals surface area contributed by atoms with Crippen molar-refractivity contribution in [3.8, 4) is 0 Å². The molecule has 2 saturated heterocycles. The fourth-order valence-corrected chi connectivity index (χ4v) is 12.1. The van der Waals surface area contributed by atoms with Crippen molar-refractivity contribution in [2.45, 2.75) is 57.4 Å². The smallest absolute Gasteiger partial charge is 0.255 e. The highest BCUT2D eigenvalue weighted by atomic mass is 16.2. The maximum absolute atomic E-state index is 13.1. The molecule has 0 spiro atoms. The number of allylic oxidation sites excluding steroid dienone is 2. The van der Waals surface area contributed by atoms with Crippen LogP contribution in [0.15, 0.2) is 109 Å². The van der Waals surface area contributed by atoms with Gasteiger partial charge in [0.15, 0.2) is 0 Å². The van der Waals surface area contributed by atoms with Crippen LogP contribution in [-0.2, 0) is 24.0 Å². The van der Waals surface area contributed by atoms with Gasteiger partial charge in [-0.2, -0.15) is 0 Å². The number of nitrogens with one attached hydrogen (secondary N) is 2. The van der Waals surface area contributed by atoms with Gasteiger partial charge >= 0.3 is 0 Å². The lowest BCUT2D eigenvalue weighted by Gasteiger charge is -2.33. The predicted octanol–water partition coefficient (Wildman–Crippen LogP) is 7.56. The van der Waals surface area contributed by atoms with E-state index in [1.807, 2.05) is 60.7 Å². The van der Waals surface area contributed by atoms with E-state index in [1.165, 1.54) is 4.90 Å². The van der Waals surface area contributed by atoms with E-state index < -0.39 is 0 Å². The number of likely N-dealkylation sites (tertiary alicyclic amines) is 1. The number of anilines is 3. The molecule has 2 unspecified atom stereocenters. The van der Waals surface area contributed by atoms with Crippen LogP contribution in [0.2, 0.25) is 0 Å². The number of carbonyl (C=O) groups is 6. The van der Waals surface area contributed by atoms with Crippen LogP contribution in [0.1, 0.15) is 61.7 Å². The number of imide groups is 2. The van der Waals surface area contributed by atoms with Crippen LogP contribution in [0.3, 0.4) is 0 Å². The summed E-state index contributed by atoms with van der Waals surface area (Å²) in [5.74, 6) is 0.178. The number of pyridine rings is 2. The van der Waals surface area contributed by atoms with Crippen LogP contribution in [0.5, 0.6) is 0 Å². The second kappa shape index (κ2) is 15.1. The largest absolute Gasteiger partial charge is 0.324 e. The molecule has 0 radical (unpaired) electrons. The standard InChI is InChI=1S/C25H25N3O3.C25H21N3O3/c2*29-23(27-19-5-1-3-14-4-2-12-26-22(14)19)15-8-10-18(11-9-15)28-24(30)20-16-6-7-17(13-16)21(20)25(28)31/h1-7,12,15-18,20-21H,8-11,13H2,(H,27,29);1-5,8-12,16-17,20-21H,6-7,13H2,(H,27,29)/t15?,16-,17?,18?,20-,21+;16-,17?,20-,21+/m11/s1. The number of hydrogen-bond acceptors (Lipinski definition) is 8. The lowest BCUT2D eigenvalue weighted by molar-refractivity contribution is -0.144. The van der Waals surface area contributed by atoms with Crippen molar-refractivity contribution in [2.24, 2.45) is 53.3 Å². The van der Waals surface area contributed by atoms with E-state index in [1.54, 1.807) is 41.6 Å². The average molecular weight is 827 g/mol. The molecule has 8 atom stereocenters. The number of hydrogen-bond donors (Lipinski definition) is 2. The highest BCUT2D eigenvalue weighted by Gasteiger charge is 2.62. The molecule has 7 aliphatic rings. The molecule has 12 heteroatoms. The fraction of sp³-hybridized carbons (Fsp3) is 0.360. The topological polar surface area (TPSA) is 159 Å². The summed E-state index contributed by atoms with van der Waals surface area (Å²) in [5.41, 5.74) is 3.88. The number of rotatable bonds is 6. The van der Waals surface area contributed by atoms with E-state index in [-0.39, 0.29) is 82.9 Å². The van der Waals surface area contributed by atoms with E-state index in [4.69, 9.17) is 0 Å². The van der Waals surface area contributed by atoms with E-state index >= 15 is 0 Å². The van der Waals surface area contributed by atoms with Crippen molar-refractivity contribution >= 4 is 74.3 Å². The summed E-state index contributed by atoms with van der Waals surface area (Å²) >= 11 is 0. The van der Waals surface area contributed by atoms with Crippen molar-refractivity contribution in [2.75, 3.05) is 15.5 Å². The number of benzene rings is 3. The highest BCUT2D eigenvalue weighted by Crippen LogP contribution is 2.57. The zero-order chi connectivity index (χ0) is 42.2. The quantitative estimate of drug-likeness (QED) is 0.131. The average Bonchev–Trinajstić information content (AvgIpc) is 4.17. The maximum Gasteiger partial charge on any atom is 0.255 e. The van der Waals surface area contributed by atoms with Gasteiger partial charge in [-0.05, 0) is 124 Å². The molecule has 2 aromatic heterocycles. The Labute approximate surface area is 358 Å². The normalized spacial score (nSPS) is 30.2. The summed E-state index contributed by atoms with van der Waals surface area (Å²) in [5, 5.41) is 7.90. The first-order valence-electron chi connectivity index (χ1n) is 22.1.